The highest BCUT2D eigenvalue weighted by Gasteiger charge is 2.41. The standard InChI is InChI=1S/C20H38N2O2/c1-16(2)5-6-19(23)20(9-11-22(12-10-20)17(3)4)15-21-18-7-13-24-14-8-18/h16-18,21H,5-15H2,1-4H3. The van der Waals surface area contributed by atoms with E-state index in [1.165, 1.54) is 0 Å². The summed E-state index contributed by atoms with van der Waals surface area (Å²) in [6.07, 6.45) is 5.94. The van der Waals surface area contributed by atoms with E-state index in [4.69, 9.17) is 4.74 Å². The van der Waals surface area contributed by atoms with E-state index in [0.29, 0.717) is 23.8 Å². The predicted octanol–water partition coefficient (Wildman–Crippen LogP) is 3.25. The van der Waals surface area contributed by atoms with Gasteiger partial charge in [-0.05, 0) is 65.0 Å². The Bertz CT molecular complexity index is 381. The summed E-state index contributed by atoms with van der Waals surface area (Å²) in [4.78, 5) is 15.6. The van der Waals surface area contributed by atoms with Gasteiger partial charge in [0.1, 0.15) is 5.78 Å². The van der Waals surface area contributed by atoms with Crippen LogP contribution in [0.4, 0.5) is 0 Å². The number of Topliss-reactive ketones (excluding diaryl/α,β-unsaturated/α-hetero) is 1. The number of carbonyl (C=O) groups is 1. The third-order valence-corrected chi connectivity index (χ3v) is 5.98. The lowest BCUT2D eigenvalue weighted by Crippen LogP contribution is -2.52. The smallest absolute Gasteiger partial charge is 0.140 e. The number of hydrogen-bond donors (Lipinski definition) is 1. The molecule has 0 radical (unpaired) electrons. The van der Waals surface area contributed by atoms with E-state index < -0.39 is 0 Å². The SMILES string of the molecule is CC(C)CCC(=O)C1(CNC2CCOCC2)CCN(C(C)C)CC1. The molecule has 2 rings (SSSR count). The van der Waals surface area contributed by atoms with Crippen molar-refractivity contribution in [2.24, 2.45) is 11.3 Å². The largest absolute Gasteiger partial charge is 0.381 e. The van der Waals surface area contributed by atoms with Crippen molar-refractivity contribution in [3.05, 3.63) is 0 Å². The quantitative estimate of drug-likeness (QED) is 0.738. The maximum atomic E-state index is 13.1. The molecular weight excluding hydrogens is 300 g/mol. The van der Waals surface area contributed by atoms with Crippen LogP contribution in [0.1, 0.15) is 66.2 Å². The Morgan fingerprint density at radius 2 is 1.79 bits per heavy atom. The fourth-order valence-corrected chi connectivity index (χ4v) is 3.95. The predicted molar refractivity (Wildman–Crippen MR) is 99.3 cm³/mol. The summed E-state index contributed by atoms with van der Waals surface area (Å²) in [5, 5.41) is 3.73. The summed E-state index contributed by atoms with van der Waals surface area (Å²) in [5.41, 5.74) is -0.140. The number of carbonyl (C=O) groups excluding carboxylic acids is 1. The molecule has 0 amide bonds. The van der Waals surface area contributed by atoms with Crippen LogP contribution in [0.3, 0.4) is 0 Å². The molecule has 0 aromatic rings. The fourth-order valence-electron chi connectivity index (χ4n) is 3.95. The first-order chi connectivity index (χ1) is 11.4. The van der Waals surface area contributed by atoms with Crippen molar-refractivity contribution < 1.29 is 9.53 Å². The van der Waals surface area contributed by atoms with Gasteiger partial charge in [-0.1, -0.05) is 13.8 Å². The maximum Gasteiger partial charge on any atom is 0.140 e. The second-order valence-electron chi connectivity index (χ2n) is 8.53. The van der Waals surface area contributed by atoms with Gasteiger partial charge in [-0.25, -0.2) is 0 Å². The molecule has 2 heterocycles. The number of ketones is 1. The van der Waals surface area contributed by atoms with Crippen molar-refractivity contribution in [2.75, 3.05) is 32.8 Å². The number of ether oxygens (including phenoxy) is 1. The molecule has 140 valence electrons. The van der Waals surface area contributed by atoms with Crippen LogP contribution >= 0.6 is 0 Å². The molecular formula is C20H38N2O2. The van der Waals surface area contributed by atoms with Crippen LogP contribution in [0.2, 0.25) is 0 Å². The van der Waals surface area contributed by atoms with Gasteiger partial charge in [-0.3, -0.25) is 4.79 Å². The lowest BCUT2D eigenvalue weighted by Gasteiger charge is -2.43. The van der Waals surface area contributed by atoms with E-state index in [1.807, 2.05) is 0 Å². The molecule has 0 unspecified atom stereocenters. The van der Waals surface area contributed by atoms with E-state index >= 15 is 0 Å². The van der Waals surface area contributed by atoms with Crippen LogP contribution in [-0.4, -0.2) is 55.6 Å². The minimum atomic E-state index is -0.140. The molecule has 4 heteroatoms. The topological polar surface area (TPSA) is 41.6 Å². The Morgan fingerprint density at radius 3 is 2.33 bits per heavy atom. The minimum absolute atomic E-state index is 0.140. The first kappa shape index (κ1) is 19.9. The summed E-state index contributed by atoms with van der Waals surface area (Å²) in [6.45, 7) is 13.6. The van der Waals surface area contributed by atoms with Crippen LogP contribution in [-0.2, 0) is 9.53 Å². The molecule has 0 saturated carbocycles. The summed E-state index contributed by atoms with van der Waals surface area (Å²) in [5.74, 6) is 1.10. The third kappa shape index (κ3) is 5.53. The second-order valence-corrected chi connectivity index (χ2v) is 8.53. The summed E-state index contributed by atoms with van der Waals surface area (Å²) in [6, 6.07) is 1.11. The van der Waals surface area contributed by atoms with Crippen molar-refractivity contribution in [1.82, 2.24) is 10.2 Å². The van der Waals surface area contributed by atoms with E-state index in [0.717, 1.165) is 71.4 Å². The Kier molecular flexibility index (Phi) is 7.70. The van der Waals surface area contributed by atoms with Crippen molar-refractivity contribution in [2.45, 2.75) is 78.3 Å². The molecule has 0 spiro atoms. The van der Waals surface area contributed by atoms with Crippen LogP contribution in [0.25, 0.3) is 0 Å². The van der Waals surface area contributed by atoms with Crippen LogP contribution in [0, 0.1) is 11.3 Å². The summed E-state index contributed by atoms with van der Waals surface area (Å²) < 4.78 is 5.46. The van der Waals surface area contributed by atoms with Crippen LogP contribution < -0.4 is 5.32 Å². The first-order valence-corrected chi connectivity index (χ1v) is 10.0. The van der Waals surface area contributed by atoms with Gasteiger partial charge in [0.15, 0.2) is 0 Å². The zero-order chi connectivity index (χ0) is 17.6. The molecule has 0 aliphatic carbocycles. The molecule has 2 aliphatic heterocycles. The van der Waals surface area contributed by atoms with Gasteiger partial charge in [0.2, 0.25) is 0 Å². The molecule has 2 fully saturated rings. The van der Waals surface area contributed by atoms with E-state index in [-0.39, 0.29) is 5.41 Å². The molecule has 0 aromatic carbocycles. The lowest BCUT2D eigenvalue weighted by atomic mass is 9.72. The lowest BCUT2D eigenvalue weighted by molar-refractivity contribution is -0.132. The van der Waals surface area contributed by atoms with Gasteiger partial charge in [-0.2, -0.15) is 0 Å². The van der Waals surface area contributed by atoms with Gasteiger partial charge < -0.3 is 15.0 Å². The number of nitrogens with zero attached hydrogens (tertiary/aromatic N) is 1. The third-order valence-electron chi connectivity index (χ3n) is 5.98. The first-order valence-electron chi connectivity index (χ1n) is 10.0. The van der Waals surface area contributed by atoms with Crippen LogP contribution in [0.5, 0.6) is 0 Å². The second kappa shape index (κ2) is 9.30. The highest BCUT2D eigenvalue weighted by molar-refractivity contribution is 5.85. The van der Waals surface area contributed by atoms with E-state index in [2.05, 4.69) is 37.9 Å². The van der Waals surface area contributed by atoms with Gasteiger partial charge in [0.05, 0.1) is 0 Å². The van der Waals surface area contributed by atoms with Crippen molar-refractivity contribution in [1.29, 1.82) is 0 Å². The van der Waals surface area contributed by atoms with Gasteiger partial charge in [-0.15, -0.1) is 0 Å². The number of piperidine rings is 1. The van der Waals surface area contributed by atoms with E-state index in [1.54, 1.807) is 0 Å². The van der Waals surface area contributed by atoms with Gasteiger partial charge >= 0.3 is 0 Å². The maximum absolute atomic E-state index is 13.1. The normalized spacial score (nSPS) is 23.1. The Hall–Kier alpha value is -0.450. The zero-order valence-electron chi connectivity index (χ0n) is 16.3. The van der Waals surface area contributed by atoms with Crippen molar-refractivity contribution >= 4 is 5.78 Å². The fraction of sp³-hybridized carbons (Fsp3) is 0.950. The number of likely N-dealkylation sites (tertiary alicyclic amines) is 1. The number of rotatable bonds is 8. The Labute approximate surface area is 148 Å². The molecule has 0 atom stereocenters. The molecule has 24 heavy (non-hydrogen) atoms. The Balaban J connectivity index is 1.96. The van der Waals surface area contributed by atoms with Crippen molar-refractivity contribution in [3.8, 4) is 0 Å². The summed E-state index contributed by atoms with van der Waals surface area (Å²) in [7, 11) is 0. The molecule has 0 bridgehead atoms. The average Bonchev–Trinajstić information content (AvgIpc) is 2.59. The minimum Gasteiger partial charge on any atom is -0.381 e. The Morgan fingerprint density at radius 1 is 1.17 bits per heavy atom. The number of nitrogens with one attached hydrogen (secondary N) is 1. The zero-order valence-corrected chi connectivity index (χ0v) is 16.3. The molecule has 2 saturated heterocycles. The highest BCUT2D eigenvalue weighted by Crippen LogP contribution is 2.35. The van der Waals surface area contributed by atoms with Gasteiger partial charge in [0, 0.05) is 43.7 Å². The summed E-state index contributed by atoms with van der Waals surface area (Å²) >= 11 is 0. The van der Waals surface area contributed by atoms with E-state index in [9.17, 15) is 4.79 Å². The van der Waals surface area contributed by atoms with Crippen molar-refractivity contribution in [3.63, 3.8) is 0 Å². The molecule has 1 N–H and O–H groups in total. The highest BCUT2D eigenvalue weighted by atomic mass is 16.5. The number of hydrogen-bond acceptors (Lipinski definition) is 4. The monoisotopic (exact) mass is 338 g/mol. The van der Waals surface area contributed by atoms with Crippen LogP contribution in [0.15, 0.2) is 0 Å². The average molecular weight is 339 g/mol. The molecule has 4 nitrogen and oxygen atoms in total. The molecule has 0 aromatic heterocycles. The molecule has 2 aliphatic rings. The van der Waals surface area contributed by atoms with Gasteiger partial charge in [0.25, 0.3) is 0 Å².